The Kier molecular flexibility index (Phi) is 5.19. The maximum atomic E-state index is 12.4. The van der Waals surface area contributed by atoms with E-state index in [0.29, 0.717) is 12.5 Å². The third-order valence-electron chi connectivity index (χ3n) is 4.18. The summed E-state index contributed by atoms with van der Waals surface area (Å²) in [4.78, 5) is 27.7. The van der Waals surface area contributed by atoms with Gasteiger partial charge in [0, 0.05) is 19.0 Å². The molecule has 1 amide bonds. The van der Waals surface area contributed by atoms with E-state index in [1.54, 1.807) is 0 Å². The van der Waals surface area contributed by atoms with Crippen LogP contribution in [0.4, 0.5) is 0 Å². The molecule has 0 aliphatic carbocycles. The van der Waals surface area contributed by atoms with Gasteiger partial charge in [0.05, 0.1) is 13.7 Å². The summed E-state index contributed by atoms with van der Waals surface area (Å²) in [6.07, 6.45) is 5.28. The molecule has 0 aromatic carbocycles. The van der Waals surface area contributed by atoms with Crippen molar-refractivity contribution in [2.75, 3.05) is 39.8 Å². The first kappa shape index (κ1) is 14.3. The number of likely N-dealkylation sites (tertiary alicyclic amines) is 2. The number of rotatable bonds is 3. The van der Waals surface area contributed by atoms with Gasteiger partial charge < -0.3 is 9.64 Å². The fraction of sp³-hybridized carbons (Fsp3) is 0.857. The number of amides is 1. The molecule has 0 bridgehead atoms. The van der Waals surface area contributed by atoms with E-state index in [-0.39, 0.29) is 11.9 Å². The van der Waals surface area contributed by atoms with Crippen molar-refractivity contribution in [1.82, 2.24) is 9.80 Å². The van der Waals surface area contributed by atoms with Crippen molar-refractivity contribution in [2.24, 2.45) is 5.92 Å². The molecular weight excluding hydrogens is 244 g/mol. The molecule has 2 heterocycles. The molecule has 2 rings (SSSR count). The largest absolute Gasteiger partial charge is 0.468 e. The molecule has 0 aromatic rings. The van der Waals surface area contributed by atoms with Crippen LogP contribution in [-0.4, -0.2) is 61.5 Å². The van der Waals surface area contributed by atoms with Gasteiger partial charge in [-0.05, 0) is 45.2 Å². The topological polar surface area (TPSA) is 49.9 Å². The maximum Gasteiger partial charge on any atom is 0.319 e. The van der Waals surface area contributed by atoms with E-state index in [1.807, 2.05) is 4.90 Å². The van der Waals surface area contributed by atoms with Crippen LogP contribution in [0.1, 0.15) is 32.1 Å². The molecule has 2 saturated heterocycles. The van der Waals surface area contributed by atoms with Gasteiger partial charge in [-0.25, -0.2) is 0 Å². The highest BCUT2D eigenvalue weighted by atomic mass is 16.5. The number of esters is 1. The van der Waals surface area contributed by atoms with Gasteiger partial charge in [0.1, 0.15) is 0 Å². The van der Waals surface area contributed by atoms with Crippen LogP contribution >= 0.6 is 0 Å². The second kappa shape index (κ2) is 6.89. The van der Waals surface area contributed by atoms with E-state index in [2.05, 4.69) is 9.64 Å². The molecule has 0 atom stereocenters. The number of nitrogens with zero attached hydrogens (tertiary/aromatic N) is 2. The van der Waals surface area contributed by atoms with Gasteiger partial charge in [-0.15, -0.1) is 0 Å². The lowest BCUT2D eigenvalue weighted by Gasteiger charge is -2.35. The number of hydrogen-bond acceptors (Lipinski definition) is 4. The molecular formula is C14H24N2O3. The zero-order valence-corrected chi connectivity index (χ0v) is 11.8. The maximum absolute atomic E-state index is 12.4. The molecule has 0 spiro atoms. The number of carbonyl (C=O) groups is 2. The molecule has 2 fully saturated rings. The molecule has 0 radical (unpaired) electrons. The van der Waals surface area contributed by atoms with Crippen LogP contribution in [0.25, 0.3) is 0 Å². The van der Waals surface area contributed by atoms with Gasteiger partial charge in [-0.1, -0.05) is 0 Å². The molecule has 108 valence electrons. The van der Waals surface area contributed by atoms with Gasteiger partial charge in [0.25, 0.3) is 0 Å². The van der Waals surface area contributed by atoms with E-state index in [1.165, 1.54) is 13.5 Å². The SMILES string of the molecule is COC(=O)CN1CCC(C(=O)N2CCCCC2)CC1. The second-order valence-corrected chi connectivity index (χ2v) is 5.51. The minimum Gasteiger partial charge on any atom is -0.468 e. The Balaban J connectivity index is 1.76. The molecule has 0 N–H and O–H groups in total. The van der Waals surface area contributed by atoms with E-state index >= 15 is 0 Å². The van der Waals surface area contributed by atoms with Gasteiger partial charge in [0.2, 0.25) is 5.91 Å². The van der Waals surface area contributed by atoms with Gasteiger partial charge >= 0.3 is 5.97 Å². The van der Waals surface area contributed by atoms with Crippen molar-refractivity contribution in [3.05, 3.63) is 0 Å². The third-order valence-corrected chi connectivity index (χ3v) is 4.18. The van der Waals surface area contributed by atoms with Crippen molar-refractivity contribution >= 4 is 11.9 Å². The van der Waals surface area contributed by atoms with Crippen molar-refractivity contribution in [3.8, 4) is 0 Å². The number of ether oxygens (including phenoxy) is 1. The van der Waals surface area contributed by atoms with E-state index in [4.69, 9.17) is 0 Å². The van der Waals surface area contributed by atoms with E-state index < -0.39 is 0 Å². The zero-order chi connectivity index (χ0) is 13.7. The zero-order valence-electron chi connectivity index (χ0n) is 11.8. The summed E-state index contributed by atoms with van der Waals surface area (Å²) in [5.41, 5.74) is 0. The van der Waals surface area contributed by atoms with E-state index in [9.17, 15) is 9.59 Å². The molecule has 5 nitrogen and oxygen atoms in total. The number of methoxy groups -OCH3 is 1. The van der Waals surface area contributed by atoms with Crippen LogP contribution in [0.5, 0.6) is 0 Å². The second-order valence-electron chi connectivity index (χ2n) is 5.51. The summed E-state index contributed by atoms with van der Waals surface area (Å²) in [5.74, 6) is 0.297. The minimum absolute atomic E-state index is 0.159. The highest BCUT2D eigenvalue weighted by Crippen LogP contribution is 2.21. The third kappa shape index (κ3) is 3.93. The highest BCUT2D eigenvalue weighted by molar-refractivity contribution is 5.79. The Labute approximate surface area is 114 Å². The predicted molar refractivity (Wildman–Crippen MR) is 71.6 cm³/mol. The Morgan fingerprint density at radius 3 is 2.26 bits per heavy atom. The van der Waals surface area contributed by atoms with Crippen LogP contribution in [0, 0.1) is 5.92 Å². The van der Waals surface area contributed by atoms with Gasteiger partial charge in [-0.3, -0.25) is 14.5 Å². The molecule has 2 aliphatic heterocycles. The lowest BCUT2D eigenvalue weighted by molar-refractivity contribution is -0.142. The predicted octanol–water partition coefficient (Wildman–Crippen LogP) is 0.884. The van der Waals surface area contributed by atoms with Crippen LogP contribution in [-0.2, 0) is 14.3 Å². The average molecular weight is 268 g/mol. The molecule has 0 aromatic heterocycles. The van der Waals surface area contributed by atoms with Gasteiger partial charge in [0.15, 0.2) is 0 Å². The van der Waals surface area contributed by atoms with Gasteiger partial charge in [-0.2, -0.15) is 0 Å². The lowest BCUT2D eigenvalue weighted by Crippen LogP contribution is -2.45. The number of carbonyl (C=O) groups excluding carboxylic acids is 2. The summed E-state index contributed by atoms with van der Waals surface area (Å²) >= 11 is 0. The Hall–Kier alpha value is -1.10. The number of hydrogen-bond donors (Lipinski definition) is 0. The van der Waals surface area contributed by atoms with Crippen molar-refractivity contribution < 1.29 is 14.3 Å². The smallest absolute Gasteiger partial charge is 0.319 e. The fourth-order valence-electron chi connectivity index (χ4n) is 2.96. The average Bonchev–Trinajstić information content (AvgIpc) is 2.48. The first-order valence-corrected chi connectivity index (χ1v) is 7.28. The molecule has 5 heteroatoms. The summed E-state index contributed by atoms with van der Waals surface area (Å²) in [7, 11) is 1.41. The molecule has 0 unspecified atom stereocenters. The van der Waals surface area contributed by atoms with Crippen molar-refractivity contribution in [2.45, 2.75) is 32.1 Å². The standard InChI is InChI=1S/C14H24N2O3/c1-19-13(17)11-15-9-5-12(6-10-15)14(18)16-7-3-2-4-8-16/h12H,2-11H2,1H3. The monoisotopic (exact) mass is 268 g/mol. The fourth-order valence-corrected chi connectivity index (χ4v) is 2.96. The van der Waals surface area contributed by atoms with Crippen LogP contribution in [0.3, 0.4) is 0 Å². The lowest BCUT2D eigenvalue weighted by atomic mass is 9.94. The Morgan fingerprint density at radius 2 is 1.68 bits per heavy atom. The molecule has 0 saturated carbocycles. The van der Waals surface area contributed by atoms with Crippen LogP contribution < -0.4 is 0 Å². The first-order valence-electron chi connectivity index (χ1n) is 7.28. The highest BCUT2D eigenvalue weighted by Gasteiger charge is 2.29. The van der Waals surface area contributed by atoms with Crippen LogP contribution in [0.15, 0.2) is 0 Å². The Morgan fingerprint density at radius 1 is 1.05 bits per heavy atom. The summed E-state index contributed by atoms with van der Waals surface area (Å²) in [6, 6.07) is 0. The summed E-state index contributed by atoms with van der Waals surface area (Å²) in [6.45, 7) is 3.85. The first-order chi connectivity index (χ1) is 9.20. The summed E-state index contributed by atoms with van der Waals surface area (Å²) in [5, 5.41) is 0. The van der Waals surface area contributed by atoms with Crippen molar-refractivity contribution in [3.63, 3.8) is 0 Å². The van der Waals surface area contributed by atoms with Crippen LogP contribution in [0.2, 0.25) is 0 Å². The molecule has 2 aliphatic rings. The minimum atomic E-state index is -0.194. The Bertz CT molecular complexity index is 319. The number of piperidine rings is 2. The normalized spacial score (nSPS) is 22.3. The molecule has 19 heavy (non-hydrogen) atoms. The van der Waals surface area contributed by atoms with Crippen molar-refractivity contribution in [1.29, 1.82) is 0 Å². The summed E-state index contributed by atoms with van der Waals surface area (Å²) < 4.78 is 4.67. The quantitative estimate of drug-likeness (QED) is 0.713. The van der Waals surface area contributed by atoms with E-state index in [0.717, 1.165) is 51.9 Å².